The summed E-state index contributed by atoms with van der Waals surface area (Å²) in [4.78, 5) is 25.9. The molecule has 0 saturated carbocycles. The van der Waals surface area contributed by atoms with Crippen LogP contribution in [0.15, 0.2) is 85.2 Å². The fourth-order valence-electron chi connectivity index (χ4n) is 3.49. The van der Waals surface area contributed by atoms with Crippen molar-refractivity contribution in [2.75, 3.05) is 31.1 Å². The minimum atomic E-state index is -0.0305. The van der Waals surface area contributed by atoms with E-state index in [0.29, 0.717) is 37.7 Å². The van der Waals surface area contributed by atoms with E-state index in [1.165, 1.54) is 0 Å². The Bertz CT molecular complexity index is 1060. The Morgan fingerprint density at radius 2 is 1.55 bits per heavy atom. The number of aromatic nitrogens is 2. The average molecular weight is 412 g/mol. The third kappa shape index (κ3) is 5.17. The number of amides is 1. The Hall–Kier alpha value is -3.93. The molecule has 0 radical (unpaired) electrons. The lowest BCUT2D eigenvalue weighted by Crippen LogP contribution is -2.49. The van der Waals surface area contributed by atoms with E-state index < -0.39 is 0 Å². The SMILES string of the molecule is O=C(/C(=C/C=C/c1ccccc1)c1ccc(O)cc1)N1CCN(c2ncccn2)CC1. The zero-order chi connectivity index (χ0) is 21.5. The third-order valence-corrected chi connectivity index (χ3v) is 5.16. The van der Waals surface area contributed by atoms with Crippen LogP contribution in [-0.2, 0) is 4.79 Å². The highest BCUT2D eigenvalue weighted by Gasteiger charge is 2.25. The van der Waals surface area contributed by atoms with Gasteiger partial charge in [0.1, 0.15) is 5.75 Å². The zero-order valence-electron chi connectivity index (χ0n) is 17.1. The maximum absolute atomic E-state index is 13.4. The second-order valence-electron chi connectivity index (χ2n) is 7.23. The predicted octanol–water partition coefficient (Wildman–Crippen LogP) is 3.63. The maximum atomic E-state index is 13.4. The Balaban J connectivity index is 1.52. The monoisotopic (exact) mass is 412 g/mol. The molecule has 156 valence electrons. The van der Waals surface area contributed by atoms with Gasteiger partial charge in [0.15, 0.2) is 0 Å². The molecule has 1 aliphatic heterocycles. The first-order valence-corrected chi connectivity index (χ1v) is 10.2. The molecule has 0 spiro atoms. The molecular weight excluding hydrogens is 388 g/mol. The van der Waals surface area contributed by atoms with Crippen molar-refractivity contribution in [2.24, 2.45) is 0 Å². The second-order valence-corrected chi connectivity index (χ2v) is 7.23. The molecule has 0 bridgehead atoms. The van der Waals surface area contributed by atoms with Gasteiger partial charge in [0.2, 0.25) is 5.95 Å². The van der Waals surface area contributed by atoms with Crippen LogP contribution in [0.4, 0.5) is 5.95 Å². The number of rotatable bonds is 5. The van der Waals surface area contributed by atoms with Crippen molar-refractivity contribution in [1.82, 2.24) is 14.9 Å². The number of benzene rings is 2. The average Bonchev–Trinajstić information content (AvgIpc) is 2.84. The number of anilines is 1. The molecule has 2 aromatic carbocycles. The van der Waals surface area contributed by atoms with Crippen LogP contribution >= 0.6 is 0 Å². The van der Waals surface area contributed by atoms with Crippen molar-refractivity contribution in [3.63, 3.8) is 0 Å². The number of piperazine rings is 1. The Morgan fingerprint density at radius 1 is 0.871 bits per heavy atom. The second kappa shape index (κ2) is 9.71. The molecule has 0 aliphatic carbocycles. The number of nitrogens with zero attached hydrogens (tertiary/aromatic N) is 4. The van der Waals surface area contributed by atoms with Crippen LogP contribution in [0.1, 0.15) is 11.1 Å². The van der Waals surface area contributed by atoms with Gasteiger partial charge in [-0.15, -0.1) is 0 Å². The van der Waals surface area contributed by atoms with E-state index in [1.54, 1.807) is 42.7 Å². The van der Waals surface area contributed by atoms with Gasteiger partial charge >= 0.3 is 0 Å². The maximum Gasteiger partial charge on any atom is 0.254 e. The molecular formula is C25H24N4O2. The number of allylic oxidation sites excluding steroid dienone is 2. The highest BCUT2D eigenvalue weighted by molar-refractivity contribution is 6.20. The van der Waals surface area contributed by atoms with Crippen molar-refractivity contribution in [1.29, 1.82) is 0 Å². The lowest BCUT2D eigenvalue weighted by molar-refractivity contribution is -0.125. The van der Waals surface area contributed by atoms with Gasteiger partial charge in [-0.05, 0) is 35.4 Å². The van der Waals surface area contributed by atoms with Crippen molar-refractivity contribution in [3.8, 4) is 5.75 Å². The smallest absolute Gasteiger partial charge is 0.254 e. The molecule has 4 rings (SSSR count). The molecule has 1 N–H and O–H groups in total. The number of phenols is 1. The van der Waals surface area contributed by atoms with E-state index in [-0.39, 0.29) is 11.7 Å². The lowest BCUT2D eigenvalue weighted by Gasteiger charge is -2.35. The molecule has 1 aliphatic rings. The highest BCUT2D eigenvalue weighted by Crippen LogP contribution is 2.22. The van der Waals surface area contributed by atoms with E-state index >= 15 is 0 Å². The molecule has 1 aromatic heterocycles. The fraction of sp³-hybridized carbons (Fsp3) is 0.160. The minimum Gasteiger partial charge on any atom is -0.508 e. The van der Waals surface area contributed by atoms with Gasteiger partial charge in [0.05, 0.1) is 0 Å². The van der Waals surface area contributed by atoms with Crippen LogP contribution in [0.2, 0.25) is 0 Å². The summed E-state index contributed by atoms with van der Waals surface area (Å²) >= 11 is 0. The van der Waals surface area contributed by atoms with Gasteiger partial charge in [-0.2, -0.15) is 0 Å². The number of phenolic OH excluding ortho intramolecular Hbond substituents is 1. The van der Waals surface area contributed by atoms with Gasteiger partial charge < -0.3 is 14.9 Å². The van der Waals surface area contributed by atoms with E-state index in [2.05, 4.69) is 14.9 Å². The van der Waals surface area contributed by atoms with Crippen LogP contribution in [0.5, 0.6) is 5.75 Å². The number of hydrogen-bond acceptors (Lipinski definition) is 5. The third-order valence-electron chi connectivity index (χ3n) is 5.16. The summed E-state index contributed by atoms with van der Waals surface area (Å²) < 4.78 is 0. The molecule has 1 saturated heterocycles. The molecule has 6 heteroatoms. The molecule has 1 amide bonds. The summed E-state index contributed by atoms with van der Waals surface area (Å²) in [6.45, 7) is 2.54. The standard InChI is InChI=1S/C25H24N4O2/c30-22-12-10-21(11-13-22)23(9-4-8-20-6-2-1-3-7-20)24(31)28-16-18-29(19-17-28)25-26-14-5-15-27-25/h1-15,30H,16-19H2/b8-4+,23-9+. The molecule has 2 heterocycles. The number of carbonyl (C=O) groups is 1. The largest absolute Gasteiger partial charge is 0.508 e. The number of hydrogen-bond donors (Lipinski definition) is 1. The fourth-order valence-corrected chi connectivity index (χ4v) is 3.49. The molecule has 1 fully saturated rings. The first kappa shape index (κ1) is 20.3. The van der Waals surface area contributed by atoms with Crippen LogP contribution in [-0.4, -0.2) is 52.1 Å². The number of aromatic hydroxyl groups is 1. The van der Waals surface area contributed by atoms with Gasteiger partial charge in [-0.3, -0.25) is 4.79 Å². The van der Waals surface area contributed by atoms with E-state index in [4.69, 9.17) is 0 Å². The summed E-state index contributed by atoms with van der Waals surface area (Å²) in [5.41, 5.74) is 2.43. The molecule has 0 atom stereocenters. The van der Waals surface area contributed by atoms with E-state index in [0.717, 1.165) is 11.1 Å². The van der Waals surface area contributed by atoms with Gasteiger partial charge in [0.25, 0.3) is 5.91 Å². The summed E-state index contributed by atoms with van der Waals surface area (Å²) in [5, 5.41) is 9.64. The Morgan fingerprint density at radius 3 is 2.23 bits per heavy atom. The predicted molar refractivity (Wildman–Crippen MR) is 122 cm³/mol. The highest BCUT2D eigenvalue weighted by atomic mass is 16.3. The Kier molecular flexibility index (Phi) is 6.38. The summed E-state index contributed by atoms with van der Waals surface area (Å²) in [5.74, 6) is 0.832. The number of carbonyl (C=O) groups excluding carboxylic acids is 1. The lowest BCUT2D eigenvalue weighted by atomic mass is 10.0. The van der Waals surface area contributed by atoms with Crippen molar-refractivity contribution >= 4 is 23.5 Å². The normalized spacial score (nSPS) is 14.8. The van der Waals surface area contributed by atoms with Crippen molar-refractivity contribution in [2.45, 2.75) is 0 Å². The Labute approximate surface area is 181 Å². The molecule has 6 nitrogen and oxygen atoms in total. The quantitative estimate of drug-likeness (QED) is 0.512. The first-order chi connectivity index (χ1) is 15.2. The van der Waals surface area contributed by atoms with Crippen LogP contribution in [0, 0.1) is 0 Å². The van der Waals surface area contributed by atoms with Crippen LogP contribution < -0.4 is 4.90 Å². The summed E-state index contributed by atoms with van der Waals surface area (Å²) in [6, 6.07) is 18.5. The van der Waals surface area contributed by atoms with Gasteiger partial charge in [0, 0.05) is 44.1 Å². The molecule has 31 heavy (non-hydrogen) atoms. The van der Waals surface area contributed by atoms with Crippen LogP contribution in [0.3, 0.4) is 0 Å². The topological polar surface area (TPSA) is 69.6 Å². The van der Waals surface area contributed by atoms with E-state index in [1.807, 2.05) is 53.5 Å². The van der Waals surface area contributed by atoms with Gasteiger partial charge in [-0.1, -0.05) is 54.6 Å². The van der Waals surface area contributed by atoms with Crippen molar-refractivity contribution < 1.29 is 9.90 Å². The first-order valence-electron chi connectivity index (χ1n) is 10.2. The summed E-state index contributed by atoms with van der Waals surface area (Å²) in [6.07, 6.45) is 9.16. The molecule has 3 aromatic rings. The van der Waals surface area contributed by atoms with E-state index in [9.17, 15) is 9.90 Å². The molecule has 0 unspecified atom stereocenters. The van der Waals surface area contributed by atoms with Gasteiger partial charge in [-0.25, -0.2) is 9.97 Å². The minimum absolute atomic E-state index is 0.0305. The van der Waals surface area contributed by atoms with Crippen molar-refractivity contribution in [3.05, 3.63) is 96.3 Å². The zero-order valence-corrected chi connectivity index (χ0v) is 17.1. The van der Waals surface area contributed by atoms with Crippen LogP contribution in [0.25, 0.3) is 11.6 Å². The summed E-state index contributed by atoms with van der Waals surface area (Å²) in [7, 11) is 0.